The zero-order chi connectivity index (χ0) is 15.7. The van der Waals surface area contributed by atoms with Gasteiger partial charge in [0, 0.05) is 5.92 Å². The van der Waals surface area contributed by atoms with E-state index in [0.29, 0.717) is 11.8 Å². The summed E-state index contributed by atoms with van der Waals surface area (Å²) < 4.78 is 0. The van der Waals surface area contributed by atoms with E-state index >= 15 is 0 Å². The van der Waals surface area contributed by atoms with Crippen molar-refractivity contribution in [3.8, 4) is 0 Å². The van der Waals surface area contributed by atoms with Gasteiger partial charge in [-0.25, -0.2) is 0 Å². The van der Waals surface area contributed by atoms with Gasteiger partial charge < -0.3 is 0 Å². The minimum atomic E-state index is 0.601. The summed E-state index contributed by atoms with van der Waals surface area (Å²) in [7, 11) is 0. The SMILES string of the molecule is CC.CC1CCC(c2ccccc2)c2ccccc21.CS. The summed E-state index contributed by atoms with van der Waals surface area (Å²) in [4.78, 5) is 0. The fraction of sp³-hybridized carbons (Fsp3) is 0.400. The average molecular weight is 301 g/mol. The maximum atomic E-state index is 3.53. The molecule has 1 aliphatic carbocycles. The van der Waals surface area contributed by atoms with Crippen LogP contribution in [0, 0.1) is 0 Å². The van der Waals surface area contributed by atoms with Gasteiger partial charge in [0.2, 0.25) is 0 Å². The Bertz CT molecular complexity index is 504. The molecule has 1 aliphatic rings. The van der Waals surface area contributed by atoms with Crippen molar-refractivity contribution < 1.29 is 0 Å². The van der Waals surface area contributed by atoms with E-state index in [1.807, 2.05) is 13.8 Å². The predicted molar refractivity (Wildman–Crippen MR) is 98.6 cm³/mol. The van der Waals surface area contributed by atoms with Crippen molar-refractivity contribution >= 4 is 12.6 Å². The number of benzene rings is 2. The third-order valence-electron chi connectivity index (χ3n) is 3.99. The highest BCUT2D eigenvalue weighted by Crippen LogP contribution is 2.41. The minimum absolute atomic E-state index is 0.601. The number of thiol groups is 1. The first-order chi connectivity index (χ1) is 10.4. The zero-order valence-corrected chi connectivity index (χ0v) is 14.6. The molecule has 0 radical (unpaired) electrons. The van der Waals surface area contributed by atoms with E-state index in [4.69, 9.17) is 0 Å². The Balaban J connectivity index is 0.000000510. The van der Waals surface area contributed by atoms with Crippen LogP contribution < -0.4 is 0 Å². The van der Waals surface area contributed by atoms with E-state index in [-0.39, 0.29) is 0 Å². The van der Waals surface area contributed by atoms with E-state index in [9.17, 15) is 0 Å². The van der Waals surface area contributed by atoms with Crippen molar-refractivity contribution in [3.63, 3.8) is 0 Å². The standard InChI is InChI=1S/C17H18.C2H6.CH4S/c1-13-11-12-16(14-7-3-2-4-8-14)17-10-6-5-9-15(13)17;2*1-2/h2-10,13,16H,11-12H2,1H3;1-2H3;2H,1H3. The third-order valence-corrected chi connectivity index (χ3v) is 3.99. The van der Waals surface area contributed by atoms with Crippen LogP contribution in [0.3, 0.4) is 0 Å². The molecule has 0 bridgehead atoms. The molecule has 0 aromatic heterocycles. The molecule has 0 spiro atoms. The smallest absolute Gasteiger partial charge is 0.00923 e. The highest BCUT2D eigenvalue weighted by Gasteiger charge is 2.24. The molecule has 2 atom stereocenters. The molecule has 0 fully saturated rings. The normalized spacial score (nSPS) is 19.3. The van der Waals surface area contributed by atoms with Crippen molar-refractivity contribution in [3.05, 3.63) is 71.3 Å². The summed E-state index contributed by atoms with van der Waals surface area (Å²) in [5, 5.41) is 0. The Morgan fingerprint density at radius 2 is 1.29 bits per heavy atom. The lowest BCUT2D eigenvalue weighted by Crippen LogP contribution is -2.13. The second-order valence-corrected chi connectivity index (χ2v) is 5.07. The molecule has 0 heterocycles. The molecule has 3 rings (SSSR count). The molecule has 21 heavy (non-hydrogen) atoms. The van der Waals surface area contributed by atoms with Crippen molar-refractivity contribution in [1.82, 2.24) is 0 Å². The molecular formula is C20H28S. The lowest BCUT2D eigenvalue weighted by Gasteiger charge is -2.30. The molecule has 0 nitrogen and oxygen atoms in total. The summed E-state index contributed by atoms with van der Waals surface area (Å²) in [6, 6.07) is 19.9. The van der Waals surface area contributed by atoms with Crippen molar-refractivity contribution in [2.75, 3.05) is 6.26 Å². The van der Waals surface area contributed by atoms with E-state index in [1.165, 1.54) is 24.0 Å². The summed E-state index contributed by atoms with van der Waals surface area (Å²) in [5.74, 6) is 1.31. The quantitative estimate of drug-likeness (QED) is 0.588. The average Bonchev–Trinajstić information content (AvgIpc) is 2.60. The van der Waals surface area contributed by atoms with Gasteiger partial charge in [-0.15, -0.1) is 0 Å². The first-order valence-electron chi connectivity index (χ1n) is 7.95. The number of hydrogen-bond acceptors (Lipinski definition) is 1. The van der Waals surface area contributed by atoms with Crippen LogP contribution in [-0.4, -0.2) is 6.26 Å². The highest BCUT2D eigenvalue weighted by molar-refractivity contribution is 7.79. The maximum Gasteiger partial charge on any atom is 0.00923 e. The fourth-order valence-electron chi connectivity index (χ4n) is 3.04. The second kappa shape index (κ2) is 9.68. The van der Waals surface area contributed by atoms with Gasteiger partial charge in [0.1, 0.15) is 0 Å². The van der Waals surface area contributed by atoms with E-state index in [1.54, 1.807) is 11.8 Å². The van der Waals surface area contributed by atoms with Crippen LogP contribution in [0.25, 0.3) is 0 Å². The van der Waals surface area contributed by atoms with Crippen LogP contribution in [0.1, 0.15) is 62.1 Å². The van der Waals surface area contributed by atoms with Gasteiger partial charge in [-0.2, -0.15) is 12.6 Å². The van der Waals surface area contributed by atoms with Crippen LogP contribution in [-0.2, 0) is 0 Å². The maximum absolute atomic E-state index is 3.53. The highest BCUT2D eigenvalue weighted by atomic mass is 32.1. The molecule has 2 aromatic carbocycles. The summed E-state index contributed by atoms with van der Waals surface area (Å²) in [6.07, 6.45) is 4.28. The number of fused-ring (bicyclic) bond motifs is 1. The Morgan fingerprint density at radius 1 is 0.762 bits per heavy atom. The first-order valence-corrected chi connectivity index (χ1v) is 8.84. The Kier molecular flexibility index (Phi) is 8.22. The van der Waals surface area contributed by atoms with Crippen molar-refractivity contribution in [1.29, 1.82) is 0 Å². The molecule has 114 valence electrons. The van der Waals surface area contributed by atoms with Crippen LogP contribution >= 0.6 is 12.6 Å². The second-order valence-electron chi connectivity index (χ2n) is 5.07. The Morgan fingerprint density at radius 3 is 1.90 bits per heavy atom. The Labute approximate surface area is 136 Å². The van der Waals surface area contributed by atoms with Gasteiger partial charge in [0.25, 0.3) is 0 Å². The van der Waals surface area contributed by atoms with Gasteiger partial charge in [0.05, 0.1) is 0 Å². The minimum Gasteiger partial charge on any atom is -0.183 e. The summed E-state index contributed by atoms with van der Waals surface area (Å²) in [6.45, 7) is 6.35. The predicted octanol–water partition coefficient (Wildman–Crippen LogP) is 6.29. The van der Waals surface area contributed by atoms with Gasteiger partial charge in [-0.3, -0.25) is 0 Å². The van der Waals surface area contributed by atoms with Gasteiger partial charge in [0.15, 0.2) is 0 Å². The van der Waals surface area contributed by atoms with Crippen molar-refractivity contribution in [2.45, 2.75) is 45.4 Å². The molecule has 0 N–H and O–H groups in total. The summed E-state index contributed by atoms with van der Waals surface area (Å²) in [5.41, 5.74) is 4.55. The molecule has 0 amide bonds. The topological polar surface area (TPSA) is 0 Å². The largest absolute Gasteiger partial charge is 0.183 e. The fourth-order valence-corrected chi connectivity index (χ4v) is 3.04. The molecular weight excluding hydrogens is 272 g/mol. The van der Waals surface area contributed by atoms with Gasteiger partial charge in [-0.05, 0) is 41.7 Å². The van der Waals surface area contributed by atoms with E-state index in [2.05, 4.69) is 74.1 Å². The summed E-state index contributed by atoms with van der Waals surface area (Å²) >= 11 is 3.53. The van der Waals surface area contributed by atoms with Crippen LogP contribution in [0.2, 0.25) is 0 Å². The van der Waals surface area contributed by atoms with Gasteiger partial charge in [-0.1, -0.05) is 75.4 Å². The van der Waals surface area contributed by atoms with Crippen LogP contribution in [0.15, 0.2) is 54.6 Å². The number of rotatable bonds is 1. The van der Waals surface area contributed by atoms with Crippen LogP contribution in [0.4, 0.5) is 0 Å². The molecule has 1 heteroatoms. The molecule has 0 saturated heterocycles. The monoisotopic (exact) mass is 300 g/mol. The third kappa shape index (κ3) is 4.38. The lowest BCUT2D eigenvalue weighted by atomic mass is 9.75. The van der Waals surface area contributed by atoms with Crippen LogP contribution in [0.5, 0.6) is 0 Å². The Hall–Kier alpha value is -1.21. The molecule has 0 aliphatic heterocycles. The lowest BCUT2D eigenvalue weighted by molar-refractivity contribution is 0.545. The van der Waals surface area contributed by atoms with E-state index < -0.39 is 0 Å². The van der Waals surface area contributed by atoms with E-state index in [0.717, 1.165) is 0 Å². The molecule has 0 saturated carbocycles. The molecule has 2 aromatic rings. The number of hydrogen-bond donors (Lipinski definition) is 1. The zero-order valence-electron chi connectivity index (χ0n) is 13.7. The first kappa shape index (κ1) is 17.8. The van der Waals surface area contributed by atoms with Crippen molar-refractivity contribution in [2.24, 2.45) is 0 Å². The van der Waals surface area contributed by atoms with Gasteiger partial charge >= 0.3 is 0 Å². The molecule has 2 unspecified atom stereocenters.